The third-order valence-corrected chi connectivity index (χ3v) is 7.91. The summed E-state index contributed by atoms with van der Waals surface area (Å²) in [7, 11) is 3.19. The first kappa shape index (κ1) is 20.9. The molecule has 0 radical (unpaired) electrons. The van der Waals surface area contributed by atoms with Crippen molar-refractivity contribution in [2.24, 2.45) is 34.7 Å². The number of rotatable bonds is 5. The molecule has 2 bridgehead atoms. The van der Waals surface area contributed by atoms with Gasteiger partial charge in [-0.3, -0.25) is 19.3 Å². The van der Waals surface area contributed by atoms with E-state index in [1.165, 1.54) is 11.8 Å². The molecule has 0 unspecified atom stereocenters. The van der Waals surface area contributed by atoms with E-state index in [1.807, 2.05) is 12.1 Å². The van der Waals surface area contributed by atoms with Gasteiger partial charge in [-0.2, -0.15) is 0 Å². The first-order valence-corrected chi connectivity index (χ1v) is 11.4. The van der Waals surface area contributed by atoms with E-state index in [4.69, 9.17) is 14.3 Å². The molecular weight excluding hydrogens is 436 g/mol. The molecule has 8 heteroatoms. The van der Waals surface area contributed by atoms with Crippen LogP contribution in [0.2, 0.25) is 0 Å². The van der Waals surface area contributed by atoms with E-state index in [1.54, 1.807) is 44.6 Å². The molecular formula is C26H24N2O6. The molecule has 34 heavy (non-hydrogen) atoms. The molecule has 2 amide bonds. The molecule has 2 saturated carbocycles. The van der Waals surface area contributed by atoms with E-state index in [0.29, 0.717) is 22.7 Å². The van der Waals surface area contributed by atoms with Gasteiger partial charge in [-0.1, -0.05) is 5.16 Å². The lowest BCUT2D eigenvalue weighted by molar-refractivity contribution is -0.125. The van der Waals surface area contributed by atoms with Gasteiger partial charge in [0.1, 0.15) is 17.6 Å². The first-order valence-electron chi connectivity index (χ1n) is 11.4. The number of carbonyl (C=O) groups is 3. The maximum atomic E-state index is 13.6. The fourth-order valence-electron chi connectivity index (χ4n) is 6.46. The van der Waals surface area contributed by atoms with Crippen LogP contribution in [0.4, 0.5) is 5.69 Å². The van der Waals surface area contributed by atoms with Gasteiger partial charge in [-0.15, -0.1) is 0 Å². The summed E-state index contributed by atoms with van der Waals surface area (Å²) in [5.74, 6) is -0.109. The Balaban J connectivity index is 1.32. The summed E-state index contributed by atoms with van der Waals surface area (Å²) in [6.07, 6.45) is 0.529. The summed E-state index contributed by atoms with van der Waals surface area (Å²) < 4.78 is 10.9. The fourth-order valence-corrected chi connectivity index (χ4v) is 6.46. The third kappa shape index (κ3) is 2.71. The molecule has 0 N–H and O–H groups in total. The average molecular weight is 460 g/mol. The number of methoxy groups -OCH3 is 2. The van der Waals surface area contributed by atoms with Crippen molar-refractivity contribution in [3.8, 4) is 11.5 Å². The van der Waals surface area contributed by atoms with Crippen molar-refractivity contribution >= 4 is 29.0 Å². The molecule has 6 rings (SSSR count). The molecule has 2 aliphatic heterocycles. The summed E-state index contributed by atoms with van der Waals surface area (Å²) in [4.78, 5) is 45.8. The smallest absolute Gasteiger partial charge is 0.238 e. The predicted molar refractivity (Wildman–Crippen MR) is 122 cm³/mol. The van der Waals surface area contributed by atoms with Crippen LogP contribution in [-0.4, -0.2) is 43.6 Å². The number of ketones is 1. The highest BCUT2D eigenvalue weighted by Gasteiger charge is 2.70. The minimum atomic E-state index is -0.404. The summed E-state index contributed by atoms with van der Waals surface area (Å²) >= 11 is 0. The highest BCUT2D eigenvalue weighted by atomic mass is 16.6. The van der Waals surface area contributed by atoms with Gasteiger partial charge < -0.3 is 14.3 Å². The van der Waals surface area contributed by atoms with Crippen molar-refractivity contribution in [2.75, 3.05) is 19.1 Å². The Labute approximate surface area is 196 Å². The number of nitrogens with zero attached hydrogens (tertiary/aromatic N) is 2. The Hall–Kier alpha value is -3.68. The lowest BCUT2D eigenvalue weighted by atomic mass is 9.71. The number of carbonyl (C=O) groups excluding carboxylic acids is 3. The van der Waals surface area contributed by atoms with Crippen LogP contribution in [0, 0.1) is 29.6 Å². The molecule has 3 fully saturated rings. The van der Waals surface area contributed by atoms with E-state index < -0.39 is 11.8 Å². The molecule has 2 aromatic rings. The minimum Gasteiger partial charge on any atom is -0.497 e. The second-order valence-corrected chi connectivity index (χ2v) is 9.37. The number of imide groups is 1. The molecule has 1 saturated heterocycles. The van der Waals surface area contributed by atoms with Crippen molar-refractivity contribution in [1.82, 2.24) is 0 Å². The van der Waals surface area contributed by atoms with Crippen LogP contribution in [0.1, 0.15) is 29.3 Å². The molecule has 2 heterocycles. The van der Waals surface area contributed by atoms with Crippen molar-refractivity contribution in [2.45, 2.75) is 19.4 Å². The number of hydrogen-bond donors (Lipinski definition) is 0. The first-order chi connectivity index (χ1) is 16.4. The second-order valence-electron chi connectivity index (χ2n) is 9.37. The molecule has 2 aliphatic carbocycles. The molecule has 174 valence electrons. The zero-order chi connectivity index (χ0) is 23.7. The van der Waals surface area contributed by atoms with Crippen LogP contribution in [0.15, 0.2) is 47.6 Å². The number of hydrogen-bond acceptors (Lipinski definition) is 7. The average Bonchev–Trinajstić information content (AvgIpc) is 3.59. The number of anilines is 1. The fraction of sp³-hybridized carbons (Fsp3) is 0.385. The Morgan fingerprint density at radius 1 is 0.971 bits per heavy atom. The van der Waals surface area contributed by atoms with Gasteiger partial charge in [-0.25, -0.2) is 0 Å². The van der Waals surface area contributed by atoms with E-state index in [2.05, 4.69) is 5.16 Å². The zero-order valence-electron chi connectivity index (χ0n) is 19.1. The van der Waals surface area contributed by atoms with E-state index in [9.17, 15) is 14.4 Å². The lowest BCUT2D eigenvalue weighted by Gasteiger charge is -2.30. The number of benzene rings is 2. The highest BCUT2D eigenvalue weighted by Crippen LogP contribution is 2.62. The van der Waals surface area contributed by atoms with Gasteiger partial charge in [-0.05, 0) is 55.7 Å². The Morgan fingerprint density at radius 2 is 1.68 bits per heavy atom. The molecule has 8 nitrogen and oxygen atoms in total. The SMILES string of the molecule is COc1ccc(C2=NO[C@@H]3[C@H]4C[C@H]([C@H]5C(=O)N(c6ccc(C(C)=O)cc6)C(=O)[C@H]45)[C@H]23)c(OC)c1. The van der Waals surface area contributed by atoms with Gasteiger partial charge in [0.2, 0.25) is 11.8 Å². The number of Topliss-reactive ketones (excluding diaryl/α,β-unsaturated/α-hetero) is 1. The van der Waals surface area contributed by atoms with Crippen molar-refractivity contribution in [1.29, 1.82) is 0 Å². The normalized spacial score (nSPS) is 30.7. The van der Waals surface area contributed by atoms with E-state index >= 15 is 0 Å². The van der Waals surface area contributed by atoms with E-state index in [0.717, 1.165) is 17.7 Å². The van der Waals surface area contributed by atoms with Gasteiger partial charge in [0.25, 0.3) is 0 Å². The topological polar surface area (TPSA) is 94.5 Å². The van der Waals surface area contributed by atoms with Gasteiger partial charge >= 0.3 is 0 Å². The van der Waals surface area contributed by atoms with Crippen molar-refractivity contribution in [3.63, 3.8) is 0 Å². The van der Waals surface area contributed by atoms with Crippen molar-refractivity contribution in [3.05, 3.63) is 53.6 Å². The van der Waals surface area contributed by atoms with Crippen LogP contribution in [-0.2, 0) is 14.4 Å². The largest absolute Gasteiger partial charge is 0.497 e. The maximum Gasteiger partial charge on any atom is 0.238 e. The predicted octanol–water partition coefficient (Wildman–Crippen LogP) is 3.08. The number of oxime groups is 1. The standard InChI is InChI=1S/C26H24N2O6/c1-12(29)13-4-6-14(7-5-13)28-25(30)20-17-11-18(21(20)26(28)31)24-22(17)23(27-34-24)16-9-8-15(32-2)10-19(16)33-3/h4-10,17-18,20-22,24H,11H2,1-3H3/t17-,18+,20-,21-,22-,24-/m1/s1. The Bertz CT molecular complexity index is 1250. The number of fused-ring (bicyclic) bond motifs is 8. The molecule has 0 spiro atoms. The Morgan fingerprint density at radius 3 is 2.32 bits per heavy atom. The van der Waals surface area contributed by atoms with Crippen LogP contribution >= 0.6 is 0 Å². The summed E-state index contributed by atoms with van der Waals surface area (Å²) in [6, 6.07) is 12.2. The lowest BCUT2D eigenvalue weighted by Crippen LogP contribution is -2.41. The molecule has 0 aromatic heterocycles. The van der Waals surface area contributed by atoms with E-state index in [-0.39, 0.29) is 41.5 Å². The van der Waals surface area contributed by atoms with Crippen LogP contribution in [0.3, 0.4) is 0 Å². The monoisotopic (exact) mass is 460 g/mol. The second kappa shape index (κ2) is 7.41. The molecule has 2 aromatic carbocycles. The molecule has 6 atom stereocenters. The Kier molecular flexibility index (Phi) is 4.56. The summed E-state index contributed by atoms with van der Waals surface area (Å²) in [6.45, 7) is 1.49. The number of amides is 2. The van der Waals surface area contributed by atoms with Gasteiger partial charge in [0.05, 0.1) is 37.5 Å². The van der Waals surface area contributed by atoms with Gasteiger partial charge in [0.15, 0.2) is 5.78 Å². The van der Waals surface area contributed by atoms with Crippen LogP contribution < -0.4 is 14.4 Å². The van der Waals surface area contributed by atoms with Gasteiger partial charge in [0, 0.05) is 29.0 Å². The van der Waals surface area contributed by atoms with Crippen molar-refractivity contribution < 1.29 is 28.7 Å². The van der Waals surface area contributed by atoms with Crippen LogP contribution in [0.5, 0.6) is 11.5 Å². The summed E-state index contributed by atoms with van der Waals surface area (Å²) in [5.41, 5.74) is 2.62. The van der Waals surface area contributed by atoms with Crippen LogP contribution in [0.25, 0.3) is 0 Å². The zero-order valence-corrected chi connectivity index (χ0v) is 19.1. The number of ether oxygens (including phenoxy) is 2. The molecule has 4 aliphatic rings. The minimum absolute atomic E-state index is 0.0361. The quantitative estimate of drug-likeness (QED) is 0.503. The maximum absolute atomic E-state index is 13.6. The summed E-state index contributed by atoms with van der Waals surface area (Å²) in [5, 5.41) is 4.40. The highest BCUT2D eigenvalue weighted by molar-refractivity contribution is 6.23. The third-order valence-electron chi connectivity index (χ3n) is 7.91.